The Morgan fingerprint density at radius 1 is 1.29 bits per heavy atom. The first-order valence-electron chi connectivity index (χ1n) is 5.92. The topological polar surface area (TPSA) is 63.0 Å². The van der Waals surface area contributed by atoms with E-state index >= 15 is 0 Å². The molecule has 6 heteroatoms. The van der Waals surface area contributed by atoms with Gasteiger partial charge in [0.25, 0.3) is 0 Å². The number of ether oxygens (including phenoxy) is 1. The third-order valence-corrected chi connectivity index (χ3v) is 3.92. The molecule has 0 aliphatic rings. The number of fused-ring (bicyclic) bond motifs is 1. The zero-order valence-electron chi connectivity index (χ0n) is 10.5. The number of aromatic nitrogens is 1. The Labute approximate surface area is 129 Å². The van der Waals surface area contributed by atoms with Crippen LogP contribution in [0.15, 0.2) is 41.9 Å². The minimum Gasteiger partial charge on any atom is -0.421 e. The first kappa shape index (κ1) is 13.6. The summed E-state index contributed by atoms with van der Waals surface area (Å²) in [5.74, 6) is -0.276. The van der Waals surface area contributed by atoms with Gasteiger partial charge in [-0.1, -0.05) is 11.6 Å². The minimum absolute atomic E-state index is 0.223. The van der Waals surface area contributed by atoms with Crippen LogP contribution in [0, 0.1) is 11.3 Å². The summed E-state index contributed by atoms with van der Waals surface area (Å²) >= 11 is 7.43. The predicted molar refractivity (Wildman–Crippen MR) is 80.7 cm³/mol. The van der Waals surface area contributed by atoms with Crippen LogP contribution < -0.4 is 4.74 Å². The van der Waals surface area contributed by atoms with E-state index in [1.807, 2.05) is 6.07 Å². The van der Waals surface area contributed by atoms with Gasteiger partial charge in [-0.3, -0.25) is 0 Å². The highest BCUT2D eigenvalue weighted by Crippen LogP contribution is 2.27. The molecule has 1 heterocycles. The van der Waals surface area contributed by atoms with Gasteiger partial charge < -0.3 is 4.74 Å². The molecule has 0 radical (unpaired) electrons. The van der Waals surface area contributed by atoms with Gasteiger partial charge in [-0.05, 0) is 36.4 Å². The van der Waals surface area contributed by atoms with Crippen molar-refractivity contribution in [3.63, 3.8) is 0 Å². The van der Waals surface area contributed by atoms with Crippen LogP contribution in [0.4, 0.5) is 0 Å². The Hall–Kier alpha value is -2.42. The number of thiazole rings is 1. The molecule has 21 heavy (non-hydrogen) atoms. The largest absolute Gasteiger partial charge is 0.421 e. The van der Waals surface area contributed by atoms with Crippen molar-refractivity contribution >= 4 is 39.1 Å². The van der Waals surface area contributed by atoms with Crippen LogP contribution in [-0.2, 0) is 0 Å². The van der Waals surface area contributed by atoms with Crippen LogP contribution >= 0.6 is 22.9 Å². The van der Waals surface area contributed by atoms with Gasteiger partial charge in [0.05, 0.1) is 37.9 Å². The summed E-state index contributed by atoms with van der Waals surface area (Å²) in [7, 11) is 0. The number of benzene rings is 2. The van der Waals surface area contributed by atoms with Crippen molar-refractivity contribution in [1.29, 1.82) is 5.26 Å². The fraction of sp³-hybridized carbons (Fsp3) is 0. The molecule has 4 nitrogen and oxygen atoms in total. The molecule has 102 valence electrons. The van der Waals surface area contributed by atoms with E-state index in [0.717, 1.165) is 10.2 Å². The number of nitrogens with zero attached hydrogens (tertiary/aromatic N) is 2. The van der Waals surface area contributed by atoms with E-state index in [1.165, 1.54) is 23.5 Å². The molecule has 0 spiro atoms. The van der Waals surface area contributed by atoms with E-state index in [-0.39, 0.29) is 10.8 Å². The summed E-state index contributed by atoms with van der Waals surface area (Å²) in [5.41, 5.74) is 3.39. The van der Waals surface area contributed by atoms with E-state index in [0.29, 0.717) is 11.1 Å². The maximum Gasteiger partial charge on any atom is 0.343 e. The molecule has 0 aliphatic carbocycles. The van der Waals surface area contributed by atoms with Crippen molar-refractivity contribution in [2.45, 2.75) is 0 Å². The molecule has 0 unspecified atom stereocenters. The highest BCUT2D eigenvalue weighted by atomic mass is 35.5. The number of halogens is 1. The fourth-order valence-electron chi connectivity index (χ4n) is 1.79. The molecule has 0 amide bonds. The highest BCUT2D eigenvalue weighted by Gasteiger charge is 2.12. The van der Waals surface area contributed by atoms with E-state index in [4.69, 9.17) is 21.6 Å². The van der Waals surface area contributed by atoms with Gasteiger partial charge in [0, 0.05) is 0 Å². The third-order valence-electron chi connectivity index (χ3n) is 2.83. The summed E-state index contributed by atoms with van der Waals surface area (Å²) in [4.78, 5) is 16.3. The van der Waals surface area contributed by atoms with Gasteiger partial charge in [0.2, 0.25) is 0 Å². The third kappa shape index (κ3) is 2.72. The molecule has 2 aromatic carbocycles. The Morgan fingerprint density at radius 3 is 2.90 bits per heavy atom. The summed E-state index contributed by atoms with van der Waals surface area (Å²) in [5, 5.41) is 9.00. The number of esters is 1. The molecule has 3 aromatic rings. The lowest BCUT2D eigenvalue weighted by Gasteiger charge is -2.06. The molecule has 0 saturated carbocycles. The van der Waals surface area contributed by atoms with Crippen LogP contribution in [0.2, 0.25) is 5.02 Å². The zero-order valence-corrected chi connectivity index (χ0v) is 12.1. The van der Waals surface area contributed by atoms with Gasteiger partial charge in [0.15, 0.2) is 0 Å². The molecule has 0 saturated heterocycles. The van der Waals surface area contributed by atoms with Crippen molar-refractivity contribution in [3.05, 3.63) is 58.1 Å². The zero-order chi connectivity index (χ0) is 14.8. The average Bonchev–Trinajstić information content (AvgIpc) is 2.96. The van der Waals surface area contributed by atoms with Crippen LogP contribution in [-0.4, -0.2) is 11.0 Å². The summed E-state index contributed by atoms with van der Waals surface area (Å²) in [6.07, 6.45) is 0. The van der Waals surface area contributed by atoms with Crippen molar-refractivity contribution in [1.82, 2.24) is 4.98 Å². The minimum atomic E-state index is -0.503. The van der Waals surface area contributed by atoms with E-state index in [2.05, 4.69) is 4.98 Å². The molecule has 1 aromatic heterocycles. The SMILES string of the molecule is N#Cc1ccc(OC(=O)c2ccc3ncsc3c2)c(Cl)c1. The van der Waals surface area contributed by atoms with Crippen molar-refractivity contribution in [2.24, 2.45) is 0 Å². The lowest BCUT2D eigenvalue weighted by Crippen LogP contribution is -2.08. The van der Waals surface area contributed by atoms with E-state index in [9.17, 15) is 4.79 Å². The quantitative estimate of drug-likeness (QED) is 0.529. The molecular weight excluding hydrogens is 308 g/mol. The molecule has 0 atom stereocenters. The second kappa shape index (κ2) is 5.52. The number of rotatable bonds is 2. The Bertz CT molecular complexity index is 883. The summed E-state index contributed by atoms with van der Waals surface area (Å²) < 4.78 is 6.17. The number of carbonyl (C=O) groups excluding carboxylic acids is 1. The molecular formula is C15H7ClN2O2S. The lowest BCUT2D eigenvalue weighted by molar-refractivity contribution is 0.0735. The molecule has 0 fully saturated rings. The molecule has 0 bridgehead atoms. The highest BCUT2D eigenvalue weighted by molar-refractivity contribution is 7.16. The first-order chi connectivity index (χ1) is 10.2. The van der Waals surface area contributed by atoms with Crippen molar-refractivity contribution in [3.8, 4) is 11.8 Å². The predicted octanol–water partition coefficient (Wildman–Crippen LogP) is 4.04. The van der Waals surface area contributed by atoms with Crippen LogP contribution in [0.5, 0.6) is 5.75 Å². The summed E-state index contributed by atoms with van der Waals surface area (Å²) in [6, 6.07) is 11.6. The van der Waals surface area contributed by atoms with Gasteiger partial charge in [-0.15, -0.1) is 11.3 Å². The number of nitriles is 1. The maximum absolute atomic E-state index is 12.1. The second-order valence-corrected chi connectivity index (χ2v) is 5.47. The molecule has 3 rings (SSSR count). The Balaban J connectivity index is 1.87. The lowest BCUT2D eigenvalue weighted by atomic mass is 10.2. The number of hydrogen-bond acceptors (Lipinski definition) is 5. The van der Waals surface area contributed by atoms with Gasteiger partial charge >= 0.3 is 5.97 Å². The normalized spacial score (nSPS) is 10.3. The second-order valence-electron chi connectivity index (χ2n) is 4.18. The van der Waals surface area contributed by atoms with Crippen molar-refractivity contribution < 1.29 is 9.53 Å². The average molecular weight is 315 g/mol. The van der Waals surface area contributed by atoms with E-state index in [1.54, 1.807) is 29.8 Å². The number of carbonyl (C=O) groups is 1. The smallest absolute Gasteiger partial charge is 0.343 e. The maximum atomic E-state index is 12.1. The van der Waals surface area contributed by atoms with Crippen molar-refractivity contribution in [2.75, 3.05) is 0 Å². The van der Waals surface area contributed by atoms with Crippen LogP contribution in [0.3, 0.4) is 0 Å². The van der Waals surface area contributed by atoms with Crippen LogP contribution in [0.25, 0.3) is 10.2 Å². The number of hydrogen-bond donors (Lipinski definition) is 0. The standard InChI is InChI=1S/C15H7ClN2O2S/c16-11-5-9(7-17)1-4-13(11)20-15(19)10-2-3-12-14(6-10)21-8-18-12/h1-6,8H. The summed E-state index contributed by atoms with van der Waals surface area (Å²) in [6.45, 7) is 0. The fourth-order valence-corrected chi connectivity index (χ4v) is 2.73. The Kier molecular flexibility index (Phi) is 3.57. The Morgan fingerprint density at radius 2 is 2.14 bits per heavy atom. The first-order valence-corrected chi connectivity index (χ1v) is 7.18. The van der Waals surface area contributed by atoms with Gasteiger partial charge in [-0.25, -0.2) is 9.78 Å². The molecule has 0 N–H and O–H groups in total. The van der Waals surface area contributed by atoms with E-state index < -0.39 is 5.97 Å². The van der Waals surface area contributed by atoms with Gasteiger partial charge in [-0.2, -0.15) is 5.26 Å². The molecule has 0 aliphatic heterocycles. The monoisotopic (exact) mass is 314 g/mol. The van der Waals surface area contributed by atoms with Gasteiger partial charge in [0.1, 0.15) is 5.75 Å². The van der Waals surface area contributed by atoms with Crippen LogP contribution in [0.1, 0.15) is 15.9 Å².